The second-order valence-corrected chi connectivity index (χ2v) is 4.58. The lowest BCUT2D eigenvalue weighted by Crippen LogP contribution is -2.35. The summed E-state index contributed by atoms with van der Waals surface area (Å²) >= 11 is 0. The Morgan fingerprint density at radius 3 is 2.50 bits per heavy atom. The van der Waals surface area contributed by atoms with Gasteiger partial charge >= 0.3 is 0 Å². The molecule has 2 aromatic rings. The van der Waals surface area contributed by atoms with Crippen LogP contribution >= 0.6 is 0 Å². The molecular weight excluding hydrogens is 222 g/mol. The van der Waals surface area contributed by atoms with E-state index in [1.54, 1.807) is 0 Å². The monoisotopic (exact) mass is 243 g/mol. The summed E-state index contributed by atoms with van der Waals surface area (Å²) in [5, 5.41) is 12.6. The van der Waals surface area contributed by atoms with Crippen LogP contribution in [0.1, 0.15) is 26.7 Å². The van der Waals surface area contributed by atoms with Crippen molar-refractivity contribution >= 4 is 16.5 Å². The maximum Gasteiger partial charge on any atom is 0.126 e. The maximum absolute atomic E-state index is 10.2. The summed E-state index contributed by atoms with van der Waals surface area (Å²) in [4.78, 5) is 2.10. The first-order valence-corrected chi connectivity index (χ1v) is 6.70. The summed E-state index contributed by atoms with van der Waals surface area (Å²) in [5.41, 5.74) is 1.13. The van der Waals surface area contributed by atoms with Crippen LogP contribution in [0.5, 0.6) is 0 Å². The predicted octanol–water partition coefficient (Wildman–Crippen LogP) is 3.78. The highest BCUT2D eigenvalue weighted by atomic mass is 16.3. The quantitative estimate of drug-likeness (QED) is 0.808. The van der Waals surface area contributed by atoms with E-state index in [-0.39, 0.29) is 0 Å². The van der Waals surface area contributed by atoms with E-state index in [1.807, 2.05) is 19.1 Å². The van der Waals surface area contributed by atoms with Crippen molar-refractivity contribution in [2.45, 2.75) is 32.9 Å². The number of hydrogen-bond donors (Lipinski definition) is 1. The predicted molar refractivity (Wildman–Crippen MR) is 77.9 cm³/mol. The lowest BCUT2D eigenvalue weighted by Gasteiger charge is -2.30. The van der Waals surface area contributed by atoms with E-state index in [0.29, 0.717) is 0 Å². The molecule has 0 aliphatic heterocycles. The van der Waals surface area contributed by atoms with Gasteiger partial charge in [-0.05, 0) is 24.3 Å². The third-order valence-electron chi connectivity index (χ3n) is 3.27. The van der Waals surface area contributed by atoms with E-state index in [0.717, 1.165) is 25.1 Å². The first-order chi connectivity index (χ1) is 8.77. The molecule has 0 aromatic heterocycles. The zero-order valence-electron chi connectivity index (χ0n) is 11.1. The van der Waals surface area contributed by atoms with Gasteiger partial charge in [0, 0.05) is 17.6 Å². The minimum Gasteiger partial charge on any atom is -0.374 e. The van der Waals surface area contributed by atoms with Crippen LogP contribution in [0.2, 0.25) is 0 Å². The van der Waals surface area contributed by atoms with E-state index in [2.05, 4.69) is 42.2 Å². The first-order valence-electron chi connectivity index (χ1n) is 6.70. The lowest BCUT2D eigenvalue weighted by molar-refractivity contribution is 0.164. The zero-order chi connectivity index (χ0) is 13.0. The van der Waals surface area contributed by atoms with Gasteiger partial charge in [-0.2, -0.15) is 0 Å². The van der Waals surface area contributed by atoms with Gasteiger partial charge in [-0.3, -0.25) is 0 Å². The van der Waals surface area contributed by atoms with Crippen molar-refractivity contribution in [1.29, 1.82) is 0 Å². The summed E-state index contributed by atoms with van der Waals surface area (Å²) < 4.78 is 0. The SMILES string of the molecule is CCCN(c1cccc2ccccc12)[C@@H](O)CC. The molecule has 0 amide bonds. The van der Waals surface area contributed by atoms with Crippen LogP contribution in [0.3, 0.4) is 0 Å². The Bertz CT molecular complexity index is 504. The fraction of sp³-hybridized carbons (Fsp3) is 0.375. The molecule has 2 rings (SSSR count). The Balaban J connectivity index is 2.49. The van der Waals surface area contributed by atoms with Crippen molar-refractivity contribution in [3.63, 3.8) is 0 Å². The fourth-order valence-electron chi connectivity index (χ4n) is 2.35. The Hall–Kier alpha value is -1.54. The van der Waals surface area contributed by atoms with Crippen LogP contribution in [-0.4, -0.2) is 17.9 Å². The molecule has 1 N–H and O–H groups in total. The molecule has 0 fully saturated rings. The van der Waals surface area contributed by atoms with Crippen LogP contribution in [-0.2, 0) is 0 Å². The molecule has 0 aliphatic carbocycles. The largest absolute Gasteiger partial charge is 0.374 e. The van der Waals surface area contributed by atoms with Crippen molar-refractivity contribution in [2.75, 3.05) is 11.4 Å². The van der Waals surface area contributed by atoms with Gasteiger partial charge in [0.15, 0.2) is 0 Å². The molecule has 0 unspecified atom stereocenters. The normalized spacial score (nSPS) is 12.6. The average molecular weight is 243 g/mol. The van der Waals surface area contributed by atoms with Gasteiger partial charge in [-0.25, -0.2) is 0 Å². The third-order valence-corrected chi connectivity index (χ3v) is 3.27. The van der Waals surface area contributed by atoms with Gasteiger partial charge in [0.1, 0.15) is 6.23 Å². The Morgan fingerprint density at radius 2 is 1.78 bits per heavy atom. The molecule has 0 spiro atoms. The molecule has 2 nitrogen and oxygen atoms in total. The molecule has 0 saturated heterocycles. The number of aliphatic hydroxyl groups is 1. The molecular formula is C16H21NO. The van der Waals surface area contributed by atoms with Crippen LogP contribution in [0, 0.1) is 0 Å². The minimum absolute atomic E-state index is 0.407. The second kappa shape index (κ2) is 5.87. The second-order valence-electron chi connectivity index (χ2n) is 4.58. The number of aliphatic hydroxyl groups excluding tert-OH is 1. The van der Waals surface area contributed by atoms with Crippen LogP contribution < -0.4 is 4.90 Å². The standard InChI is InChI=1S/C16H21NO/c1-3-12-17(16(18)4-2)15-11-7-9-13-8-5-6-10-14(13)15/h5-11,16,18H,3-4,12H2,1-2H3/t16-/m0/s1. The molecule has 0 aliphatic rings. The fourth-order valence-corrected chi connectivity index (χ4v) is 2.35. The van der Waals surface area contributed by atoms with Crippen molar-refractivity contribution in [2.24, 2.45) is 0 Å². The number of hydrogen-bond acceptors (Lipinski definition) is 2. The van der Waals surface area contributed by atoms with Crippen LogP contribution in [0.15, 0.2) is 42.5 Å². The molecule has 0 saturated carbocycles. The van der Waals surface area contributed by atoms with Gasteiger partial charge in [0.05, 0.1) is 0 Å². The summed E-state index contributed by atoms with van der Waals surface area (Å²) in [6.45, 7) is 5.03. The highest BCUT2D eigenvalue weighted by molar-refractivity contribution is 5.94. The summed E-state index contributed by atoms with van der Waals surface area (Å²) in [6.07, 6.45) is 1.36. The molecule has 0 bridgehead atoms. The zero-order valence-corrected chi connectivity index (χ0v) is 11.1. The van der Waals surface area contributed by atoms with E-state index in [9.17, 15) is 5.11 Å². The maximum atomic E-state index is 10.2. The van der Waals surface area contributed by atoms with Crippen molar-refractivity contribution in [3.8, 4) is 0 Å². The first kappa shape index (κ1) is 12.9. The number of fused-ring (bicyclic) bond motifs is 1. The highest BCUT2D eigenvalue weighted by Gasteiger charge is 2.15. The molecule has 18 heavy (non-hydrogen) atoms. The highest BCUT2D eigenvalue weighted by Crippen LogP contribution is 2.28. The molecule has 96 valence electrons. The Labute approximate surface area is 109 Å². The van der Waals surface area contributed by atoms with Gasteiger partial charge in [-0.1, -0.05) is 50.2 Å². The van der Waals surface area contributed by atoms with Gasteiger partial charge in [0.2, 0.25) is 0 Å². The molecule has 0 radical (unpaired) electrons. The van der Waals surface area contributed by atoms with E-state index in [1.165, 1.54) is 10.8 Å². The summed E-state index contributed by atoms with van der Waals surface area (Å²) in [7, 11) is 0. The molecule has 1 atom stereocenters. The topological polar surface area (TPSA) is 23.5 Å². The number of benzene rings is 2. The molecule has 2 aromatic carbocycles. The third kappa shape index (κ3) is 2.49. The van der Waals surface area contributed by atoms with Crippen LogP contribution in [0.25, 0.3) is 10.8 Å². The Morgan fingerprint density at radius 1 is 1.06 bits per heavy atom. The van der Waals surface area contributed by atoms with Crippen LogP contribution in [0.4, 0.5) is 5.69 Å². The van der Waals surface area contributed by atoms with E-state index < -0.39 is 6.23 Å². The summed E-state index contributed by atoms with van der Waals surface area (Å²) in [5.74, 6) is 0. The van der Waals surface area contributed by atoms with Crippen molar-refractivity contribution in [3.05, 3.63) is 42.5 Å². The Kier molecular flexibility index (Phi) is 4.21. The van der Waals surface area contributed by atoms with E-state index in [4.69, 9.17) is 0 Å². The molecule has 0 heterocycles. The molecule has 2 heteroatoms. The van der Waals surface area contributed by atoms with Crippen molar-refractivity contribution in [1.82, 2.24) is 0 Å². The lowest BCUT2D eigenvalue weighted by atomic mass is 10.1. The summed E-state index contributed by atoms with van der Waals surface area (Å²) in [6, 6.07) is 14.6. The van der Waals surface area contributed by atoms with Gasteiger partial charge in [0.25, 0.3) is 0 Å². The van der Waals surface area contributed by atoms with Gasteiger partial charge < -0.3 is 10.0 Å². The number of anilines is 1. The smallest absolute Gasteiger partial charge is 0.126 e. The minimum atomic E-state index is -0.407. The van der Waals surface area contributed by atoms with Crippen molar-refractivity contribution < 1.29 is 5.11 Å². The number of rotatable bonds is 5. The average Bonchev–Trinajstić information content (AvgIpc) is 2.43. The van der Waals surface area contributed by atoms with E-state index >= 15 is 0 Å². The van der Waals surface area contributed by atoms with Gasteiger partial charge in [-0.15, -0.1) is 0 Å². The number of nitrogens with zero attached hydrogens (tertiary/aromatic N) is 1.